The van der Waals surface area contributed by atoms with Gasteiger partial charge in [0.25, 0.3) is 0 Å². The highest BCUT2D eigenvalue weighted by Gasteiger charge is 2.32. The number of piperazine rings is 1. The zero-order chi connectivity index (χ0) is 22.2. The van der Waals surface area contributed by atoms with E-state index in [4.69, 9.17) is 4.74 Å². The lowest BCUT2D eigenvalue weighted by Gasteiger charge is -2.40. The Hall–Kier alpha value is -3.14. The predicted molar refractivity (Wildman–Crippen MR) is 107 cm³/mol. The van der Waals surface area contributed by atoms with Gasteiger partial charge in [-0.05, 0) is 25.1 Å². The van der Waals surface area contributed by atoms with E-state index in [0.29, 0.717) is 36.9 Å². The number of pyridine rings is 1. The molecule has 1 atom stereocenters. The molecule has 1 amide bonds. The predicted octanol–water partition coefficient (Wildman–Crippen LogP) is 2.71. The van der Waals surface area contributed by atoms with Gasteiger partial charge < -0.3 is 15.0 Å². The van der Waals surface area contributed by atoms with Crippen molar-refractivity contribution in [3.05, 3.63) is 47.7 Å². The number of nitrogens with one attached hydrogen (secondary N) is 1. The van der Waals surface area contributed by atoms with Crippen molar-refractivity contribution in [1.82, 2.24) is 9.88 Å². The van der Waals surface area contributed by atoms with Crippen molar-refractivity contribution in [3.63, 3.8) is 0 Å². The molecule has 1 aromatic heterocycles. The van der Waals surface area contributed by atoms with Crippen LogP contribution in [0, 0.1) is 0 Å². The Morgan fingerprint density at radius 1 is 1.26 bits per heavy atom. The summed E-state index contributed by atoms with van der Waals surface area (Å²) in [7, 11) is 0. The van der Waals surface area contributed by atoms with Crippen LogP contribution in [0.5, 0.6) is 5.75 Å². The van der Waals surface area contributed by atoms with Crippen molar-refractivity contribution in [3.8, 4) is 5.75 Å². The highest BCUT2D eigenvalue weighted by Crippen LogP contribution is 2.30. The van der Waals surface area contributed by atoms with E-state index in [1.54, 1.807) is 18.2 Å². The minimum atomic E-state index is -4.41. The molecule has 7 nitrogen and oxygen atoms in total. The summed E-state index contributed by atoms with van der Waals surface area (Å²) in [5.74, 6) is 0.441. The molecule has 1 N–H and O–H groups in total. The fourth-order valence-corrected chi connectivity index (χ4v) is 3.83. The molecule has 0 saturated carbocycles. The smallest absolute Gasteiger partial charge is 0.417 e. The van der Waals surface area contributed by atoms with Gasteiger partial charge in [0.1, 0.15) is 11.6 Å². The van der Waals surface area contributed by atoms with Crippen LogP contribution in [-0.2, 0) is 22.2 Å². The Labute approximate surface area is 176 Å². The molecule has 0 radical (unpaired) electrons. The van der Waals surface area contributed by atoms with E-state index in [0.717, 1.165) is 17.8 Å². The van der Waals surface area contributed by atoms with Crippen LogP contribution in [-0.4, -0.2) is 54.0 Å². The van der Waals surface area contributed by atoms with E-state index in [-0.39, 0.29) is 30.9 Å². The van der Waals surface area contributed by atoms with E-state index in [1.165, 1.54) is 6.07 Å². The third-order valence-electron chi connectivity index (χ3n) is 5.36. The van der Waals surface area contributed by atoms with Crippen LogP contribution in [0.3, 0.4) is 0 Å². The van der Waals surface area contributed by atoms with Gasteiger partial charge in [0.05, 0.1) is 18.5 Å². The van der Waals surface area contributed by atoms with Crippen LogP contribution in [0.25, 0.3) is 0 Å². The van der Waals surface area contributed by atoms with Gasteiger partial charge in [-0.3, -0.25) is 14.5 Å². The SMILES string of the molecule is C[C@@H]1CN(CC(=O)Nc2ccc3c(c2)OC(=O)C3)CCN1c1ccc(C(F)(F)F)cn1. The summed E-state index contributed by atoms with van der Waals surface area (Å²) in [6.07, 6.45) is -3.33. The number of benzene rings is 1. The lowest BCUT2D eigenvalue weighted by molar-refractivity contribution is -0.138. The van der Waals surface area contributed by atoms with E-state index < -0.39 is 11.7 Å². The third kappa shape index (κ3) is 4.79. The zero-order valence-corrected chi connectivity index (χ0v) is 16.8. The molecule has 1 aromatic carbocycles. The van der Waals surface area contributed by atoms with Crippen LogP contribution in [0.1, 0.15) is 18.1 Å². The van der Waals surface area contributed by atoms with E-state index in [2.05, 4.69) is 10.3 Å². The largest absolute Gasteiger partial charge is 0.426 e. The molecule has 1 fully saturated rings. The molecule has 4 rings (SSSR count). The van der Waals surface area contributed by atoms with Crippen LogP contribution >= 0.6 is 0 Å². The molecule has 2 aromatic rings. The van der Waals surface area contributed by atoms with Crippen molar-refractivity contribution in [1.29, 1.82) is 0 Å². The molecule has 164 valence electrons. The quantitative estimate of drug-likeness (QED) is 0.589. The zero-order valence-electron chi connectivity index (χ0n) is 16.8. The number of aromatic nitrogens is 1. The lowest BCUT2D eigenvalue weighted by atomic mass is 10.1. The maximum atomic E-state index is 12.7. The molecular weight excluding hydrogens is 413 g/mol. The molecule has 0 aliphatic carbocycles. The molecule has 2 aliphatic heterocycles. The molecule has 31 heavy (non-hydrogen) atoms. The Balaban J connectivity index is 1.31. The van der Waals surface area contributed by atoms with Crippen molar-refractivity contribution in [2.45, 2.75) is 25.6 Å². The number of anilines is 2. The number of esters is 1. The van der Waals surface area contributed by atoms with Gasteiger partial charge in [0.15, 0.2) is 0 Å². The first-order valence-corrected chi connectivity index (χ1v) is 9.85. The lowest BCUT2D eigenvalue weighted by Crippen LogP contribution is -2.53. The average Bonchev–Trinajstić information content (AvgIpc) is 3.07. The van der Waals surface area contributed by atoms with Crippen molar-refractivity contribution in [2.75, 3.05) is 36.4 Å². The second kappa shape index (κ2) is 8.18. The van der Waals surface area contributed by atoms with E-state index in [9.17, 15) is 22.8 Å². The number of ether oxygens (including phenoxy) is 1. The summed E-state index contributed by atoms with van der Waals surface area (Å²) in [4.78, 5) is 31.7. The molecule has 0 bridgehead atoms. The summed E-state index contributed by atoms with van der Waals surface area (Å²) >= 11 is 0. The molecule has 3 heterocycles. The van der Waals surface area contributed by atoms with Gasteiger partial charge in [-0.25, -0.2) is 4.98 Å². The highest BCUT2D eigenvalue weighted by atomic mass is 19.4. The number of nitrogens with zero attached hydrogens (tertiary/aromatic N) is 3. The third-order valence-corrected chi connectivity index (χ3v) is 5.36. The normalized spacial score (nSPS) is 19.2. The van der Waals surface area contributed by atoms with Gasteiger partial charge >= 0.3 is 12.1 Å². The first kappa shape index (κ1) is 21.1. The number of amides is 1. The standard InChI is InChI=1S/C21H21F3N4O3/c1-13-11-27(6-7-28(13)18-5-3-15(10-25-18)21(22,23)24)12-19(29)26-16-4-2-14-8-20(30)31-17(14)9-16/h2-5,9-10,13H,6-8,11-12H2,1H3,(H,26,29)/t13-/m1/s1. The number of alkyl halides is 3. The highest BCUT2D eigenvalue weighted by molar-refractivity contribution is 5.93. The Morgan fingerprint density at radius 3 is 2.74 bits per heavy atom. The average molecular weight is 434 g/mol. The molecule has 0 unspecified atom stereocenters. The van der Waals surface area contributed by atoms with Crippen molar-refractivity contribution >= 4 is 23.4 Å². The molecular formula is C21H21F3N4O3. The van der Waals surface area contributed by atoms with Crippen molar-refractivity contribution < 1.29 is 27.5 Å². The monoisotopic (exact) mass is 434 g/mol. The molecule has 1 saturated heterocycles. The van der Waals surface area contributed by atoms with Crippen molar-refractivity contribution in [2.24, 2.45) is 0 Å². The number of halogens is 3. The number of hydrogen-bond donors (Lipinski definition) is 1. The maximum absolute atomic E-state index is 12.7. The summed E-state index contributed by atoms with van der Waals surface area (Å²) in [5.41, 5.74) is 0.574. The first-order valence-electron chi connectivity index (χ1n) is 9.85. The Morgan fingerprint density at radius 2 is 2.06 bits per heavy atom. The summed E-state index contributed by atoms with van der Waals surface area (Å²) in [6, 6.07) is 7.51. The molecule has 2 aliphatic rings. The topological polar surface area (TPSA) is 74.8 Å². The number of carbonyl (C=O) groups excluding carboxylic acids is 2. The number of rotatable bonds is 4. The summed E-state index contributed by atoms with van der Waals surface area (Å²) in [6.45, 7) is 3.80. The van der Waals surface area contributed by atoms with Gasteiger partial charge in [-0.2, -0.15) is 13.2 Å². The summed E-state index contributed by atoms with van der Waals surface area (Å²) < 4.78 is 43.3. The maximum Gasteiger partial charge on any atom is 0.417 e. The molecule has 10 heteroatoms. The second-order valence-electron chi connectivity index (χ2n) is 7.70. The number of hydrogen-bond acceptors (Lipinski definition) is 6. The molecule has 0 spiro atoms. The van der Waals surface area contributed by atoms with Crippen LogP contribution in [0.4, 0.5) is 24.7 Å². The van der Waals surface area contributed by atoms with Gasteiger partial charge in [-0.15, -0.1) is 0 Å². The van der Waals surface area contributed by atoms with E-state index >= 15 is 0 Å². The Kier molecular flexibility index (Phi) is 5.57. The summed E-state index contributed by atoms with van der Waals surface area (Å²) in [5, 5.41) is 2.81. The van der Waals surface area contributed by atoms with Gasteiger partial charge in [0, 0.05) is 49.2 Å². The second-order valence-corrected chi connectivity index (χ2v) is 7.70. The van der Waals surface area contributed by atoms with Crippen LogP contribution in [0.2, 0.25) is 0 Å². The first-order chi connectivity index (χ1) is 14.7. The fourth-order valence-electron chi connectivity index (χ4n) is 3.83. The minimum absolute atomic E-state index is 0.0230. The fraction of sp³-hybridized carbons (Fsp3) is 0.381. The number of carbonyl (C=O) groups is 2. The van der Waals surface area contributed by atoms with Crippen LogP contribution < -0.4 is 15.0 Å². The Bertz CT molecular complexity index is 994. The van der Waals surface area contributed by atoms with Crippen LogP contribution in [0.15, 0.2) is 36.5 Å². The van der Waals surface area contributed by atoms with E-state index in [1.807, 2.05) is 16.7 Å². The van der Waals surface area contributed by atoms with Gasteiger partial charge in [-0.1, -0.05) is 6.07 Å². The van der Waals surface area contributed by atoms with Gasteiger partial charge in [0.2, 0.25) is 5.91 Å². The number of fused-ring (bicyclic) bond motifs is 1. The minimum Gasteiger partial charge on any atom is -0.426 e.